The second-order valence-electron chi connectivity index (χ2n) is 11.0. The zero-order chi connectivity index (χ0) is 33.9. The minimum atomic E-state index is -4.94. The number of anilines is 1. The maximum Gasteiger partial charge on any atom is 0.573 e. The molecule has 0 saturated carbocycles. The number of aromatic nitrogens is 3. The minimum absolute atomic E-state index is 0.0729. The summed E-state index contributed by atoms with van der Waals surface area (Å²) in [5.41, 5.74) is 8.29. The fourth-order valence-corrected chi connectivity index (χ4v) is 7.11. The molecule has 0 bridgehead atoms. The number of hydrogen-bond donors (Lipinski definition) is 3. The minimum Gasteiger partial charge on any atom is -0.480 e. The zero-order valence-electron chi connectivity index (χ0n) is 25.1. The lowest BCUT2D eigenvalue weighted by atomic mass is 9.82. The number of fused-ring (bicyclic) bond motifs is 1. The molecule has 0 spiro atoms. The molecule has 4 aromatic rings. The van der Waals surface area contributed by atoms with Crippen LogP contribution < -0.4 is 20.9 Å². The molecule has 46 heavy (non-hydrogen) atoms. The van der Waals surface area contributed by atoms with E-state index in [-0.39, 0.29) is 29.9 Å². The van der Waals surface area contributed by atoms with Crippen molar-refractivity contribution in [3.8, 4) is 5.75 Å². The lowest BCUT2D eigenvalue weighted by molar-refractivity contribution is -0.274. The molecule has 1 atom stereocenters. The number of aliphatic carboxylic acids is 1. The third kappa shape index (κ3) is 8.01. The molecule has 1 fully saturated rings. The van der Waals surface area contributed by atoms with Crippen molar-refractivity contribution in [3.63, 3.8) is 0 Å². The highest BCUT2D eigenvalue weighted by molar-refractivity contribution is 7.89. The summed E-state index contributed by atoms with van der Waals surface area (Å²) in [7, 11) is -4.35. The number of nitrogens with two attached hydrogens (primary N) is 1. The Morgan fingerprint density at radius 1 is 1.13 bits per heavy atom. The average Bonchev–Trinajstić information content (AvgIpc) is 3.46. The number of ether oxygens (including phenoxy) is 1. The topological polar surface area (TPSA) is 172 Å². The van der Waals surface area contributed by atoms with Crippen molar-refractivity contribution in [2.45, 2.75) is 56.5 Å². The quantitative estimate of drug-likeness (QED) is 0.246. The van der Waals surface area contributed by atoms with E-state index in [9.17, 15) is 36.3 Å². The van der Waals surface area contributed by atoms with Gasteiger partial charge in [0.2, 0.25) is 10.0 Å². The molecular formula is C29H33F3N6O6S2. The summed E-state index contributed by atoms with van der Waals surface area (Å²) in [6.07, 6.45) is -2.43. The van der Waals surface area contributed by atoms with Crippen LogP contribution >= 0.6 is 11.3 Å². The first-order chi connectivity index (χ1) is 21.6. The average molecular weight is 683 g/mol. The number of aromatic amines is 1. The number of alkyl halides is 3. The number of rotatable bonds is 8. The zero-order valence-corrected chi connectivity index (χ0v) is 26.7. The molecule has 0 amide bonds. The molecule has 2 aromatic carbocycles. The smallest absolute Gasteiger partial charge is 0.480 e. The summed E-state index contributed by atoms with van der Waals surface area (Å²) < 4.78 is 67.9. The van der Waals surface area contributed by atoms with E-state index in [1.54, 1.807) is 4.90 Å². The van der Waals surface area contributed by atoms with Crippen molar-refractivity contribution in [3.05, 3.63) is 76.2 Å². The summed E-state index contributed by atoms with van der Waals surface area (Å²) in [6, 6.07) is 10.6. The maximum absolute atomic E-state index is 13.0. The SMILES string of the molecule is CCC(C)(C)c1ccc(CN)cc1.O=C(O)[C@H]1CN(c2nc3cn[nH]c(=O)c3s2)CCN1S(=O)(=O)c1ccc(OC(F)(F)F)cc1. The van der Waals surface area contributed by atoms with Crippen LogP contribution in [0.3, 0.4) is 0 Å². The molecule has 2 aromatic heterocycles. The van der Waals surface area contributed by atoms with Gasteiger partial charge in [0.25, 0.3) is 5.56 Å². The van der Waals surface area contributed by atoms with E-state index >= 15 is 0 Å². The van der Waals surface area contributed by atoms with Crippen LogP contribution in [-0.2, 0) is 26.8 Å². The van der Waals surface area contributed by atoms with Gasteiger partial charge in [0, 0.05) is 26.2 Å². The number of nitrogens with one attached hydrogen (secondary N) is 1. The molecule has 0 aliphatic carbocycles. The van der Waals surface area contributed by atoms with Crippen LogP contribution in [-0.4, -0.2) is 71.0 Å². The van der Waals surface area contributed by atoms with Crippen LogP contribution in [0.2, 0.25) is 0 Å². The lowest BCUT2D eigenvalue weighted by Crippen LogP contribution is -2.58. The Morgan fingerprint density at radius 3 is 2.33 bits per heavy atom. The first-order valence-electron chi connectivity index (χ1n) is 14.0. The molecule has 0 unspecified atom stereocenters. The van der Waals surface area contributed by atoms with Gasteiger partial charge in [0.15, 0.2) is 5.13 Å². The van der Waals surface area contributed by atoms with Crippen LogP contribution in [0.1, 0.15) is 38.3 Å². The van der Waals surface area contributed by atoms with E-state index in [2.05, 4.69) is 65.0 Å². The van der Waals surface area contributed by atoms with Crippen molar-refractivity contribution in [1.82, 2.24) is 19.5 Å². The predicted octanol–water partition coefficient (Wildman–Crippen LogP) is 4.08. The van der Waals surface area contributed by atoms with Gasteiger partial charge in [-0.25, -0.2) is 18.5 Å². The number of halogens is 3. The fraction of sp³-hybridized carbons (Fsp3) is 0.379. The highest BCUT2D eigenvalue weighted by Crippen LogP contribution is 2.31. The van der Waals surface area contributed by atoms with Crippen LogP contribution in [0.25, 0.3) is 10.2 Å². The summed E-state index contributed by atoms with van der Waals surface area (Å²) >= 11 is 1.02. The van der Waals surface area contributed by atoms with Crippen molar-refractivity contribution in [1.29, 1.82) is 0 Å². The van der Waals surface area contributed by atoms with Gasteiger partial charge in [-0.1, -0.05) is 56.4 Å². The third-order valence-electron chi connectivity index (χ3n) is 7.61. The highest BCUT2D eigenvalue weighted by atomic mass is 32.2. The molecule has 3 heterocycles. The number of carboxylic acids is 1. The standard InChI is InChI=1S/C17H14F3N5O6S2.C12H19N/c18-17(19,20)31-9-1-3-10(4-2-9)33(29,30)25-6-5-24(8-12(25)15(27)28)16-22-11-7-21-23-14(26)13(11)32-16;1-4-12(2,3)11-7-5-10(9-13)6-8-11/h1-4,7,12H,5-6,8H2,(H,23,26)(H,27,28);5-8H,4,9,13H2,1-3H3/t12-;/m1./s1. The predicted molar refractivity (Wildman–Crippen MR) is 166 cm³/mol. The Balaban J connectivity index is 0.000000310. The van der Waals surface area contributed by atoms with Crippen molar-refractivity contribution in [2.75, 3.05) is 24.5 Å². The Bertz CT molecular complexity index is 1830. The maximum atomic E-state index is 13.0. The van der Waals surface area contributed by atoms with Crippen LogP contribution in [0, 0.1) is 0 Å². The molecule has 4 N–H and O–H groups in total. The number of hydrogen-bond acceptors (Lipinski definition) is 10. The van der Waals surface area contributed by atoms with Gasteiger partial charge < -0.3 is 20.5 Å². The van der Waals surface area contributed by atoms with Gasteiger partial charge >= 0.3 is 12.3 Å². The van der Waals surface area contributed by atoms with Crippen molar-refractivity contribution in [2.24, 2.45) is 5.73 Å². The molecule has 5 rings (SSSR count). The molecule has 12 nitrogen and oxygen atoms in total. The Hall–Kier alpha value is -4.06. The molecule has 17 heteroatoms. The largest absolute Gasteiger partial charge is 0.573 e. The van der Waals surface area contributed by atoms with Gasteiger partial charge in [-0.2, -0.15) is 9.40 Å². The van der Waals surface area contributed by atoms with Crippen molar-refractivity contribution >= 4 is 42.7 Å². The molecule has 0 radical (unpaired) electrons. The number of H-pyrrole nitrogens is 1. The van der Waals surface area contributed by atoms with E-state index < -0.39 is 39.7 Å². The number of nitrogens with zero attached hydrogens (tertiary/aromatic N) is 4. The highest BCUT2D eigenvalue weighted by Gasteiger charge is 2.41. The second kappa shape index (κ2) is 13.7. The van der Waals surface area contributed by atoms with E-state index in [1.807, 2.05) is 0 Å². The number of piperazine rings is 1. The molecule has 1 aliphatic heterocycles. The number of carbonyl (C=O) groups is 1. The summed E-state index contributed by atoms with van der Waals surface area (Å²) in [5.74, 6) is -2.03. The normalized spacial score (nSPS) is 16.2. The third-order valence-corrected chi connectivity index (χ3v) is 10.7. The Kier molecular flexibility index (Phi) is 10.4. The van der Waals surface area contributed by atoms with E-state index in [0.717, 1.165) is 46.3 Å². The molecule has 1 aliphatic rings. The number of thiazole rings is 1. The van der Waals surface area contributed by atoms with Crippen molar-refractivity contribution < 1.29 is 36.2 Å². The molecule has 248 valence electrons. The first-order valence-corrected chi connectivity index (χ1v) is 16.3. The van der Waals surface area contributed by atoms with Gasteiger partial charge in [-0.05, 0) is 47.2 Å². The summed E-state index contributed by atoms with van der Waals surface area (Å²) in [6.45, 7) is 6.97. The second-order valence-corrected chi connectivity index (χ2v) is 13.9. The summed E-state index contributed by atoms with van der Waals surface area (Å²) in [4.78, 5) is 29.2. The Labute approximate surface area is 266 Å². The van der Waals surface area contributed by atoms with E-state index in [4.69, 9.17) is 5.73 Å². The Morgan fingerprint density at radius 2 is 1.78 bits per heavy atom. The number of sulfonamides is 1. The van der Waals surface area contributed by atoms with Gasteiger partial charge in [-0.15, -0.1) is 13.2 Å². The van der Waals surface area contributed by atoms with Gasteiger partial charge in [0.1, 0.15) is 22.0 Å². The van der Waals surface area contributed by atoms with E-state index in [0.29, 0.717) is 21.9 Å². The van der Waals surface area contributed by atoms with Crippen LogP contribution in [0.15, 0.2) is 64.4 Å². The lowest BCUT2D eigenvalue weighted by Gasteiger charge is -2.38. The van der Waals surface area contributed by atoms with Gasteiger partial charge in [0.05, 0.1) is 11.1 Å². The van der Waals surface area contributed by atoms with Gasteiger partial charge in [-0.3, -0.25) is 9.59 Å². The fourth-order valence-electron chi connectivity index (χ4n) is 4.58. The summed E-state index contributed by atoms with van der Waals surface area (Å²) in [5, 5.41) is 15.9. The number of carboxylic acid groups (broad SMARTS) is 1. The van der Waals surface area contributed by atoms with E-state index in [1.165, 1.54) is 17.3 Å². The monoisotopic (exact) mass is 682 g/mol. The van der Waals surface area contributed by atoms with Crippen LogP contribution in [0.4, 0.5) is 18.3 Å². The number of benzene rings is 2. The molecular weight excluding hydrogens is 649 g/mol. The first kappa shape index (κ1) is 34.8. The van der Waals surface area contributed by atoms with Crippen LogP contribution in [0.5, 0.6) is 5.75 Å². The molecule has 1 saturated heterocycles.